The van der Waals surface area contributed by atoms with Gasteiger partial charge in [0, 0.05) is 16.1 Å². The Hall–Kier alpha value is -1.23. The van der Waals surface area contributed by atoms with E-state index in [0.717, 1.165) is 10.2 Å². The highest BCUT2D eigenvalue weighted by Gasteiger charge is 2.23. The Morgan fingerprint density at radius 2 is 1.94 bits per heavy atom. The molecule has 0 unspecified atom stereocenters. The van der Waals surface area contributed by atoms with Gasteiger partial charge >= 0.3 is 0 Å². The maximum absolute atomic E-state index is 5.96. The van der Waals surface area contributed by atoms with Crippen LogP contribution in [-0.2, 0) is 5.41 Å². The summed E-state index contributed by atoms with van der Waals surface area (Å²) in [6, 6.07) is 1.83. The van der Waals surface area contributed by atoms with Gasteiger partial charge in [-0.15, -0.1) is 0 Å². The van der Waals surface area contributed by atoms with Gasteiger partial charge < -0.3 is 11.5 Å². The summed E-state index contributed by atoms with van der Waals surface area (Å²) in [5, 5.41) is 0. The van der Waals surface area contributed by atoms with Gasteiger partial charge in [-0.25, -0.2) is 4.98 Å². The molecule has 0 radical (unpaired) electrons. The van der Waals surface area contributed by atoms with E-state index in [1.54, 1.807) is 0 Å². The zero-order valence-electron chi connectivity index (χ0n) is 9.58. The number of hydrogen-bond donors (Lipinski definition) is 2. The lowest BCUT2D eigenvalue weighted by Gasteiger charge is -2.19. The molecule has 16 heavy (non-hydrogen) atoms. The largest absolute Gasteiger partial charge is 0.396 e. The molecule has 0 saturated carbocycles. The van der Waals surface area contributed by atoms with Crippen LogP contribution in [0.4, 0.5) is 11.5 Å². The summed E-state index contributed by atoms with van der Waals surface area (Å²) >= 11 is 3.42. The molecule has 4 N–H and O–H groups in total. The summed E-state index contributed by atoms with van der Waals surface area (Å²) in [6.45, 7) is 6.30. The average molecular weight is 283 g/mol. The van der Waals surface area contributed by atoms with Crippen LogP contribution < -0.4 is 11.5 Å². The number of fused-ring (bicyclic) bond motifs is 1. The van der Waals surface area contributed by atoms with Gasteiger partial charge in [0.25, 0.3) is 0 Å². The molecular weight excluding hydrogens is 268 g/mol. The topological polar surface area (TPSA) is 69.3 Å². The zero-order chi connectivity index (χ0) is 12.1. The van der Waals surface area contributed by atoms with Gasteiger partial charge in [0.1, 0.15) is 5.82 Å². The second kappa shape index (κ2) is 3.38. The fourth-order valence-corrected chi connectivity index (χ4v) is 2.35. The van der Waals surface area contributed by atoms with Crippen molar-refractivity contribution >= 4 is 33.1 Å². The minimum Gasteiger partial charge on any atom is -0.396 e. The predicted octanol–water partition coefficient (Wildman–Crippen LogP) is 2.56. The Morgan fingerprint density at radius 1 is 1.31 bits per heavy atom. The highest BCUT2D eigenvalue weighted by molar-refractivity contribution is 9.10. The molecular formula is C11H15BrN4. The Kier molecular flexibility index (Phi) is 2.38. The number of nitrogens with zero attached hydrogens (tertiary/aromatic N) is 2. The minimum atomic E-state index is -0.0727. The first-order chi connectivity index (χ1) is 7.30. The van der Waals surface area contributed by atoms with E-state index in [2.05, 4.69) is 41.7 Å². The van der Waals surface area contributed by atoms with Crippen molar-refractivity contribution in [3.05, 3.63) is 22.4 Å². The molecule has 0 aromatic carbocycles. The lowest BCUT2D eigenvalue weighted by Crippen LogP contribution is -2.16. The molecule has 5 heteroatoms. The highest BCUT2D eigenvalue weighted by Crippen LogP contribution is 2.31. The molecule has 0 saturated heterocycles. The maximum Gasteiger partial charge on any atom is 0.162 e. The Labute approximate surface area is 103 Å². The second-order valence-electron chi connectivity index (χ2n) is 4.90. The van der Waals surface area contributed by atoms with E-state index in [0.29, 0.717) is 17.2 Å². The van der Waals surface area contributed by atoms with Crippen LogP contribution in [0.5, 0.6) is 0 Å². The number of nitrogen functional groups attached to an aromatic ring is 2. The normalized spacial score (nSPS) is 12.2. The number of aromatic nitrogens is 2. The average Bonchev–Trinajstić information content (AvgIpc) is 2.40. The van der Waals surface area contributed by atoms with Crippen LogP contribution >= 0.6 is 15.9 Å². The van der Waals surface area contributed by atoms with Gasteiger partial charge in [-0.1, -0.05) is 20.8 Å². The van der Waals surface area contributed by atoms with Gasteiger partial charge in [-0.05, 0) is 22.0 Å². The van der Waals surface area contributed by atoms with E-state index >= 15 is 0 Å². The van der Waals surface area contributed by atoms with E-state index in [1.807, 2.05) is 16.7 Å². The van der Waals surface area contributed by atoms with E-state index in [4.69, 9.17) is 11.5 Å². The summed E-state index contributed by atoms with van der Waals surface area (Å²) in [5.74, 6) is 0.539. The molecule has 0 spiro atoms. The molecule has 0 aliphatic heterocycles. The number of imidazole rings is 1. The van der Waals surface area contributed by atoms with Gasteiger partial charge in [0.15, 0.2) is 5.65 Å². The SMILES string of the molecule is CC(C)(C)c1c(N)nc2c(N)cc(Br)cn12. The number of pyridine rings is 1. The minimum absolute atomic E-state index is 0.0727. The zero-order valence-corrected chi connectivity index (χ0v) is 11.2. The second-order valence-corrected chi connectivity index (χ2v) is 5.82. The number of halogens is 1. The summed E-state index contributed by atoms with van der Waals surface area (Å²) < 4.78 is 2.87. The summed E-state index contributed by atoms with van der Waals surface area (Å²) in [4.78, 5) is 4.32. The Bertz CT molecular complexity index is 551. The third-order valence-electron chi connectivity index (χ3n) is 2.45. The highest BCUT2D eigenvalue weighted by atomic mass is 79.9. The number of rotatable bonds is 0. The van der Waals surface area contributed by atoms with Gasteiger partial charge in [0.05, 0.1) is 11.4 Å². The molecule has 4 nitrogen and oxygen atoms in total. The molecule has 2 heterocycles. The molecule has 0 bridgehead atoms. The van der Waals surface area contributed by atoms with Crippen LogP contribution in [0.2, 0.25) is 0 Å². The van der Waals surface area contributed by atoms with Crippen LogP contribution in [0.1, 0.15) is 26.5 Å². The summed E-state index contributed by atoms with van der Waals surface area (Å²) in [5.41, 5.74) is 14.1. The van der Waals surface area contributed by atoms with E-state index in [-0.39, 0.29) is 5.41 Å². The fraction of sp³-hybridized carbons (Fsp3) is 0.364. The van der Waals surface area contributed by atoms with E-state index in [9.17, 15) is 0 Å². The molecule has 0 atom stereocenters. The third-order valence-corrected chi connectivity index (χ3v) is 2.89. The third kappa shape index (κ3) is 1.65. The van der Waals surface area contributed by atoms with E-state index in [1.165, 1.54) is 0 Å². The van der Waals surface area contributed by atoms with Gasteiger partial charge in [-0.3, -0.25) is 4.40 Å². The van der Waals surface area contributed by atoms with Crippen LogP contribution in [-0.4, -0.2) is 9.38 Å². The molecule has 0 amide bonds. The van der Waals surface area contributed by atoms with Crippen LogP contribution in [0.25, 0.3) is 5.65 Å². The number of hydrogen-bond acceptors (Lipinski definition) is 3. The number of anilines is 2. The van der Waals surface area contributed by atoms with Crippen molar-refractivity contribution < 1.29 is 0 Å². The maximum atomic E-state index is 5.96. The first kappa shape index (κ1) is 11.3. The van der Waals surface area contributed by atoms with Gasteiger partial charge in [-0.2, -0.15) is 0 Å². The Balaban J connectivity index is 2.89. The Morgan fingerprint density at radius 3 is 2.50 bits per heavy atom. The summed E-state index contributed by atoms with van der Waals surface area (Å²) in [7, 11) is 0. The van der Waals surface area contributed by atoms with Crippen LogP contribution in [0.15, 0.2) is 16.7 Å². The van der Waals surface area contributed by atoms with Crippen molar-refractivity contribution in [1.82, 2.24) is 9.38 Å². The van der Waals surface area contributed by atoms with Crippen molar-refractivity contribution in [2.45, 2.75) is 26.2 Å². The van der Waals surface area contributed by atoms with Crippen LogP contribution in [0.3, 0.4) is 0 Å². The molecule has 0 aliphatic carbocycles. The number of nitrogens with two attached hydrogens (primary N) is 2. The predicted molar refractivity (Wildman–Crippen MR) is 70.4 cm³/mol. The molecule has 2 aromatic heterocycles. The molecule has 2 aromatic rings. The van der Waals surface area contributed by atoms with Crippen molar-refractivity contribution in [3.63, 3.8) is 0 Å². The first-order valence-corrected chi connectivity index (χ1v) is 5.83. The van der Waals surface area contributed by atoms with Crippen molar-refractivity contribution in [2.24, 2.45) is 0 Å². The standard InChI is InChI=1S/C11H15BrN4/c1-11(2,3)8-9(14)15-10-7(13)4-6(12)5-16(8)10/h4-5H,13-14H2,1-3H3. The smallest absolute Gasteiger partial charge is 0.162 e. The lowest BCUT2D eigenvalue weighted by molar-refractivity contribution is 0.566. The first-order valence-electron chi connectivity index (χ1n) is 5.03. The fourth-order valence-electron chi connectivity index (χ4n) is 1.90. The van der Waals surface area contributed by atoms with Crippen molar-refractivity contribution in [1.29, 1.82) is 0 Å². The van der Waals surface area contributed by atoms with Gasteiger partial charge in [0.2, 0.25) is 0 Å². The molecule has 2 rings (SSSR count). The van der Waals surface area contributed by atoms with Crippen molar-refractivity contribution in [3.8, 4) is 0 Å². The van der Waals surface area contributed by atoms with Crippen LogP contribution in [0, 0.1) is 0 Å². The molecule has 0 fully saturated rings. The monoisotopic (exact) mass is 282 g/mol. The van der Waals surface area contributed by atoms with Crippen molar-refractivity contribution in [2.75, 3.05) is 11.5 Å². The molecule has 0 aliphatic rings. The lowest BCUT2D eigenvalue weighted by atomic mass is 9.92. The molecule has 86 valence electrons. The van der Waals surface area contributed by atoms with E-state index < -0.39 is 0 Å². The summed E-state index contributed by atoms with van der Waals surface area (Å²) in [6.07, 6.45) is 1.94. The quantitative estimate of drug-likeness (QED) is 0.780.